The fraction of sp³-hybridized carbons (Fsp3) is 0.118. The van der Waals surface area contributed by atoms with E-state index in [4.69, 9.17) is 20.0 Å². The summed E-state index contributed by atoms with van der Waals surface area (Å²) in [5.74, 6) is 1.09. The summed E-state index contributed by atoms with van der Waals surface area (Å²) in [6.07, 6.45) is 0.607. The van der Waals surface area contributed by atoms with Gasteiger partial charge in [0, 0.05) is 16.5 Å². The summed E-state index contributed by atoms with van der Waals surface area (Å²) in [4.78, 5) is 20.2. The Labute approximate surface area is 243 Å². The van der Waals surface area contributed by atoms with E-state index in [0.717, 1.165) is 56.2 Å². The third kappa shape index (κ3) is 4.49. The maximum Gasteiger partial charge on any atom is 2.00 e. The number of hydrogen-bond acceptors (Lipinski definition) is 4. The van der Waals surface area contributed by atoms with Crippen LogP contribution in [-0.2, 0) is 32.9 Å². The molecule has 0 N–H and O–H groups in total. The third-order valence-electron chi connectivity index (χ3n) is 7.25. The predicted octanol–water partition coefficient (Wildman–Crippen LogP) is 6.80. The van der Waals surface area contributed by atoms with Gasteiger partial charge >= 0.3 is 21.1 Å². The molecule has 0 fully saturated rings. The minimum atomic E-state index is -0.466. The van der Waals surface area contributed by atoms with Gasteiger partial charge < -0.3 is 0 Å². The molecule has 3 aliphatic heterocycles. The summed E-state index contributed by atoms with van der Waals surface area (Å²) in [6, 6.07) is 40.3. The molecular formula is C34H24N4Pt. The molecule has 7 rings (SSSR count). The number of benzene rings is 4. The van der Waals surface area contributed by atoms with Crippen LogP contribution in [-0.4, -0.2) is 22.8 Å². The van der Waals surface area contributed by atoms with Gasteiger partial charge in [0.1, 0.15) is 0 Å². The summed E-state index contributed by atoms with van der Waals surface area (Å²) in [5, 5.41) is 0. The molecular weight excluding hydrogens is 659 g/mol. The Balaban J connectivity index is 0.00000277. The van der Waals surface area contributed by atoms with Crippen molar-refractivity contribution in [2.45, 2.75) is 25.7 Å². The molecule has 4 aromatic carbocycles. The van der Waals surface area contributed by atoms with Crippen molar-refractivity contribution in [3.63, 3.8) is 0 Å². The smallest absolute Gasteiger partial charge is 0.228 e. The topological polar surface area (TPSA) is 49.4 Å². The summed E-state index contributed by atoms with van der Waals surface area (Å²) >= 11 is 0. The fourth-order valence-electron chi connectivity index (χ4n) is 5.18. The van der Waals surface area contributed by atoms with Crippen molar-refractivity contribution in [1.29, 1.82) is 0 Å². The molecule has 8 bridgehead atoms. The Bertz CT molecular complexity index is 1740. The first-order chi connectivity index (χ1) is 18.6. The number of aliphatic imine (C=N–C) groups is 4. The van der Waals surface area contributed by atoms with Crippen LogP contribution in [0.2, 0.25) is 0 Å². The molecule has 39 heavy (non-hydrogen) atoms. The standard InChI is InChI=1S/C34H24N4.Pt/c1-34(2)27-18-10-17-26(21-27)25-16-9-11-22(19-25)20-28-29(23-12-5-3-6-13-23)36-32(35-28)33-37-30(31(34)38-33)24-14-7-4-8-15-24;/h3-18H,20H2,1-2H3;/q-2;+2/b33-32+;. The van der Waals surface area contributed by atoms with Crippen molar-refractivity contribution in [2.75, 3.05) is 0 Å². The Kier molecular flexibility index (Phi) is 6.44. The van der Waals surface area contributed by atoms with Crippen LogP contribution in [0.25, 0.3) is 11.1 Å². The van der Waals surface area contributed by atoms with Crippen LogP contribution in [0.1, 0.15) is 36.1 Å². The number of fused-ring (bicyclic) bond motifs is 7. The van der Waals surface area contributed by atoms with Gasteiger partial charge in [-0.25, -0.2) is 31.1 Å². The fourth-order valence-corrected chi connectivity index (χ4v) is 5.18. The maximum atomic E-state index is 5.13. The predicted molar refractivity (Wildman–Crippen MR) is 154 cm³/mol. The second-order valence-electron chi connectivity index (χ2n) is 10.2. The van der Waals surface area contributed by atoms with Crippen molar-refractivity contribution < 1.29 is 21.1 Å². The molecule has 0 radical (unpaired) electrons. The van der Waals surface area contributed by atoms with Gasteiger partial charge in [0.25, 0.3) is 0 Å². The monoisotopic (exact) mass is 683 g/mol. The van der Waals surface area contributed by atoms with E-state index in [0.29, 0.717) is 18.1 Å². The molecule has 0 spiro atoms. The van der Waals surface area contributed by atoms with Crippen LogP contribution >= 0.6 is 0 Å². The van der Waals surface area contributed by atoms with E-state index in [-0.39, 0.29) is 21.1 Å². The second-order valence-corrected chi connectivity index (χ2v) is 10.2. The zero-order valence-electron chi connectivity index (χ0n) is 21.5. The van der Waals surface area contributed by atoms with Gasteiger partial charge in [0.05, 0.1) is 22.8 Å². The molecule has 3 aliphatic rings. The molecule has 4 nitrogen and oxygen atoms in total. The number of rotatable bonds is 2. The first-order valence-electron chi connectivity index (χ1n) is 12.8. The van der Waals surface area contributed by atoms with E-state index in [9.17, 15) is 0 Å². The SMILES string of the molecule is CC1(C)C2=N/C(=C3\N=C(Cc4[c-]c(ccc4)-c4[c-]c1ccc4)C(c1ccccc1)=N3)N=C2c1ccccc1.[Pt+2]. The number of nitrogens with zero attached hydrogens (tertiary/aromatic N) is 4. The molecule has 0 unspecified atom stereocenters. The van der Waals surface area contributed by atoms with Gasteiger partial charge in [0.15, 0.2) is 11.6 Å². The van der Waals surface area contributed by atoms with Crippen molar-refractivity contribution in [2.24, 2.45) is 20.0 Å². The van der Waals surface area contributed by atoms with E-state index in [1.165, 1.54) is 0 Å². The van der Waals surface area contributed by atoms with Gasteiger partial charge in [-0.1, -0.05) is 74.5 Å². The Morgan fingerprint density at radius 2 is 1.18 bits per heavy atom. The minimum Gasteiger partial charge on any atom is -0.228 e. The molecule has 0 amide bonds. The van der Waals surface area contributed by atoms with Crippen molar-refractivity contribution >= 4 is 22.8 Å². The molecule has 3 heterocycles. The Morgan fingerprint density at radius 3 is 1.90 bits per heavy atom. The summed E-state index contributed by atoms with van der Waals surface area (Å²) < 4.78 is 0. The molecule has 190 valence electrons. The van der Waals surface area contributed by atoms with E-state index in [2.05, 4.69) is 86.6 Å². The van der Waals surface area contributed by atoms with Crippen LogP contribution in [0, 0.1) is 12.1 Å². The molecule has 0 aromatic heterocycles. The Morgan fingerprint density at radius 1 is 0.590 bits per heavy atom. The quantitative estimate of drug-likeness (QED) is 0.209. The summed E-state index contributed by atoms with van der Waals surface area (Å²) in [6.45, 7) is 4.36. The van der Waals surface area contributed by atoms with E-state index < -0.39 is 5.41 Å². The van der Waals surface area contributed by atoms with Crippen molar-refractivity contribution in [1.82, 2.24) is 0 Å². The largest absolute Gasteiger partial charge is 2.00 e. The molecule has 0 saturated carbocycles. The van der Waals surface area contributed by atoms with Crippen LogP contribution in [0.4, 0.5) is 0 Å². The van der Waals surface area contributed by atoms with Gasteiger partial charge in [-0.2, -0.15) is 36.4 Å². The molecule has 0 saturated heterocycles. The van der Waals surface area contributed by atoms with Gasteiger partial charge in [-0.15, -0.1) is 23.3 Å². The third-order valence-corrected chi connectivity index (χ3v) is 7.25. The molecule has 0 atom stereocenters. The van der Waals surface area contributed by atoms with Gasteiger partial charge in [0.2, 0.25) is 0 Å². The molecule has 0 aliphatic carbocycles. The van der Waals surface area contributed by atoms with Crippen LogP contribution < -0.4 is 0 Å². The first kappa shape index (κ1) is 25.3. The van der Waals surface area contributed by atoms with Crippen LogP contribution in [0.3, 0.4) is 0 Å². The normalized spacial score (nSPS) is 18.7. The molecule has 4 aromatic rings. The summed E-state index contributed by atoms with van der Waals surface area (Å²) in [5.41, 5.74) is 9.17. The van der Waals surface area contributed by atoms with Gasteiger partial charge in [-0.05, 0) is 6.42 Å². The zero-order valence-corrected chi connectivity index (χ0v) is 23.8. The van der Waals surface area contributed by atoms with E-state index in [1.807, 2.05) is 36.4 Å². The average molecular weight is 684 g/mol. The minimum absolute atomic E-state index is 0. The van der Waals surface area contributed by atoms with Gasteiger partial charge in [-0.3, -0.25) is 0 Å². The Hall–Kier alpha value is -4.01. The number of hydrogen-bond donors (Lipinski definition) is 0. The van der Waals surface area contributed by atoms with Crippen molar-refractivity contribution in [3.8, 4) is 11.1 Å². The van der Waals surface area contributed by atoms with E-state index in [1.54, 1.807) is 0 Å². The molecule has 5 heteroatoms. The van der Waals surface area contributed by atoms with E-state index >= 15 is 0 Å². The van der Waals surface area contributed by atoms with Crippen LogP contribution in [0.15, 0.2) is 129 Å². The van der Waals surface area contributed by atoms with Crippen LogP contribution in [0.5, 0.6) is 0 Å². The summed E-state index contributed by atoms with van der Waals surface area (Å²) in [7, 11) is 0. The second kappa shape index (κ2) is 9.94. The van der Waals surface area contributed by atoms with Crippen molar-refractivity contribution in [3.05, 3.63) is 143 Å². The average Bonchev–Trinajstić information content (AvgIpc) is 3.59. The first-order valence-corrected chi connectivity index (χ1v) is 12.8. The zero-order chi connectivity index (χ0) is 25.7. The maximum absolute atomic E-state index is 5.13.